The van der Waals surface area contributed by atoms with Gasteiger partial charge in [-0.15, -0.1) is 0 Å². The van der Waals surface area contributed by atoms with Gasteiger partial charge < -0.3 is 20.7 Å². The predicted molar refractivity (Wildman–Crippen MR) is 160 cm³/mol. The van der Waals surface area contributed by atoms with Crippen molar-refractivity contribution in [2.45, 2.75) is 82.6 Å². The first-order chi connectivity index (χ1) is 20.3. The van der Waals surface area contributed by atoms with E-state index < -0.39 is 11.5 Å². The molecule has 1 aromatic carbocycles. The number of hydrogen-bond acceptors (Lipinski definition) is 5. The first-order valence-electron chi connectivity index (χ1n) is 15.8. The highest BCUT2D eigenvalue weighted by Crippen LogP contribution is 2.47. The third kappa shape index (κ3) is 5.85. The summed E-state index contributed by atoms with van der Waals surface area (Å²) in [7, 11) is 1.73. The minimum absolute atomic E-state index is 0.00653. The number of rotatable bonds is 11. The number of carbonyl (C=O) groups excluding carboxylic acids is 3. The number of aromatic nitrogens is 2. The van der Waals surface area contributed by atoms with Crippen molar-refractivity contribution in [2.75, 3.05) is 25.1 Å². The van der Waals surface area contributed by atoms with Gasteiger partial charge in [0, 0.05) is 32.1 Å². The smallest absolute Gasteiger partial charge is 0.270 e. The zero-order chi connectivity index (χ0) is 29.3. The highest BCUT2D eigenvalue weighted by atomic mass is 16.5. The van der Waals surface area contributed by atoms with Gasteiger partial charge in [-0.05, 0) is 79.0 Å². The molecule has 1 aliphatic heterocycles. The first-order valence-corrected chi connectivity index (χ1v) is 15.8. The van der Waals surface area contributed by atoms with Crippen LogP contribution >= 0.6 is 0 Å². The Morgan fingerprint density at radius 1 is 1.05 bits per heavy atom. The average molecular weight is 576 g/mol. The summed E-state index contributed by atoms with van der Waals surface area (Å²) in [5.41, 5.74) is 1.30. The van der Waals surface area contributed by atoms with Gasteiger partial charge in [0.25, 0.3) is 5.91 Å². The Morgan fingerprint density at radius 2 is 1.81 bits per heavy atom. The number of nitrogens with one attached hydrogen (secondary N) is 3. The van der Waals surface area contributed by atoms with E-state index in [4.69, 9.17) is 4.74 Å². The number of carbonyl (C=O) groups is 3. The fourth-order valence-electron chi connectivity index (χ4n) is 7.54. The number of nitrogens with zero attached hydrogens (tertiary/aromatic N) is 2. The van der Waals surface area contributed by atoms with Crippen molar-refractivity contribution in [1.82, 2.24) is 20.4 Å². The van der Waals surface area contributed by atoms with E-state index in [1.807, 2.05) is 24.3 Å². The highest BCUT2D eigenvalue weighted by molar-refractivity contribution is 6.01. The molecule has 1 saturated heterocycles. The van der Waals surface area contributed by atoms with Crippen molar-refractivity contribution in [1.29, 1.82) is 0 Å². The van der Waals surface area contributed by atoms with E-state index in [9.17, 15) is 14.4 Å². The molecule has 2 heterocycles. The molecule has 42 heavy (non-hydrogen) atoms. The van der Waals surface area contributed by atoms with Gasteiger partial charge in [-0.25, -0.2) is 0 Å². The van der Waals surface area contributed by atoms with Gasteiger partial charge in [-0.2, -0.15) is 5.10 Å². The van der Waals surface area contributed by atoms with Gasteiger partial charge in [0.1, 0.15) is 11.7 Å². The van der Waals surface area contributed by atoms with Crippen molar-refractivity contribution in [3.05, 3.63) is 47.8 Å². The first kappa shape index (κ1) is 28.9. The summed E-state index contributed by atoms with van der Waals surface area (Å²) in [5, 5.41) is 13.6. The van der Waals surface area contributed by atoms with E-state index in [0.29, 0.717) is 49.4 Å². The zero-order valence-corrected chi connectivity index (χ0v) is 25.0. The fourth-order valence-corrected chi connectivity index (χ4v) is 7.54. The van der Waals surface area contributed by atoms with Crippen LogP contribution < -0.4 is 16.0 Å². The minimum atomic E-state index is -0.783. The van der Waals surface area contributed by atoms with Crippen molar-refractivity contribution in [3.8, 4) is 0 Å². The summed E-state index contributed by atoms with van der Waals surface area (Å²) in [4.78, 5) is 41.1. The van der Waals surface area contributed by atoms with E-state index in [0.717, 1.165) is 44.1 Å². The molecule has 3 amide bonds. The molecule has 6 rings (SSSR count). The molecule has 9 nitrogen and oxygen atoms in total. The van der Waals surface area contributed by atoms with Crippen LogP contribution in [0.4, 0.5) is 5.69 Å². The van der Waals surface area contributed by atoms with Crippen molar-refractivity contribution >= 4 is 23.4 Å². The van der Waals surface area contributed by atoms with Gasteiger partial charge >= 0.3 is 0 Å². The Kier molecular flexibility index (Phi) is 8.13. The van der Waals surface area contributed by atoms with Crippen LogP contribution in [0.1, 0.15) is 87.2 Å². The summed E-state index contributed by atoms with van der Waals surface area (Å²) in [6, 6.07) is 8.65. The molecule has 2 aromatic rings. The van der Waals surface area contributed by atoms with Crippen LogP contribution in [0.5, 0.6) is 0 Å². The molecular formula is C33H45N5O4. The van der Waals surface area contributed by atoms with Crippen LogP contribution in [0.25, 0.3) is 0 Å². The topological polar surface area (TPSA) is 114 Å². The Morgan fingerprint density at radius 3 is 2.43 bits per heavy atom. The molecule has 1 aromatic heterocycles. The minimum Gasteiger partial charge on any atom is -0.380 e. The highest BCUT2D eigenvalue weighted by Gasteiger charge is 2.47. The van der Waals surface area contributed by atoms with E-state index in [2.05, 4.69) is 28.0 Å². The molecule has 0 spiro atoms. The third-order valence-electron chi connectivity index (χ3n) is 10.5. The summed E-state index contributed by atoms with van der Waals surface area (Å²) < 4.78 is 7.31. The van der Waals surface area contributed by atoms with Crippen LogP contribution in [0, 0.1) is 23.2 Å². The van der Waals surface area contributed by atoms with Gasteiger partial charge in [0.15, 0.2) is 0 Å². The fraction of sp³-hybridized carbons (Fsp3) is 0.636. The Hall–Kier alpha value is -3.20. The van der Waals surface area contributed by atoms with Crippen molar-refractivity contribution < 1.29 is 19.1 Å². The quantitative estimate of drug-likeness (QED) is 0.369. The number of anilines is 1. The zero-order valence-electron chi connectivity index (χ0n) is 25.0. The molecule has 4 fully saturated rings. The standard InChI is InChI=1S/C33H45N5O4/c1-32(14-6-15-32)20-34-31(41)33(16-18-42-21-33)24-9-5-10-25(19-24)36-30(40)28(37-29(39)26-13-17-35-38(26)2)27(23-11-12-23)22-7-3-4-8-22/h5,9-10,13,17,19,22-23,27-28H,3-4,6-8,11-12,14-16,18,20-21H2,1-2H3,(H,34,41)(H,36,40)(H,37,39)/t27?,28-,33?/m0/s1. The van der Waals surface area contributed by atoms with Crippen molar-refractivity contribution in [2.24, 2.45) is 30.2 Å². The van der Waals surface area contributed by atoms with Gasteiger partial charge in [0.05, 0.1) is 12.0 Å². The Labute approximate surface area is 248 Å². The van der Waals surface area contributed by atoms with Gasteiger partial charge in [0.2, 0.25) is 11.8 Å². The van der Waals surface area contributed by atoms with Gasteiger partial charge in [-0.3, -0.25) is 19.1 Å². The predicted octanol–water partition coefficient (Wildman–Crippen LogP) is 4.34. The third-order valence-corrected chi connectivity index (χ3v) is 10.5. The molecule has 0 radical (unpaired) electrons. The number of amides is 3. The van der Waals surface area contributed by atoms with E-state index in [1.165, 1.54) is 23.9 Å². The maximum Gasteiger partial charge on any atom is 0.270 e. The lowest BCUT2D eigenvalue weighted by Crippen LogP contribution is -2.51. The van der Waals surface area contributed by atoms with E-state index in [-0.39, 0.29) is 29.1 Å². The molecule has 3 aliphatic carbocycles. The maximum absolute atomic E-state index is 14.1. The second kappa shape index (κ2) is 11.8. The monoisotopic (exact) mass is 575 g/mol. The number of aryl methyl sites for hydroxylation is 1. The van der Waals surface area contributed by atoms with Crippen LogP contribution in [-0.2, 0) is 26.8 Å². The summed E-state index contributed by atoms with van der Waals surface area (Å²) >= 11 is 0. The molecule has 226 valence electrons. The molecule has 3 saturated carbocycles. The molecule has 4 aliphatic rings. The Bertz CT molecular complexity index is 1300. The lowest BCUT2D eigenvalue weighted by atomic mass is 9.70. The lowest BCUT2D eigenvalue weighted by molar-refractivity contribution is -0.127. The summed E-state index contributed by atoms with van der Waals surface area (Å²) in [6.45, 7) is 3.75. The van der Waals surface area contributed by atoms with Crippen LogP contribution in [0.2, 0.25) is 0 Å². The molecule has 2 unspecified atom stereocenters. The van der Waals surface area contributed by atoms with E-state index >= 15 is 0 Å². The number of hydrogen-bond donors (Lipinski definition) is 3. The van der Waals surface area contributed by atoms with Crippen molar-refractivity contribution in [3.63, 3.8) is 0 Å². The maximum atomic E-state index is 14.1. The van der Waals surface area contributed by atoms with Crippen LogP contribution in [0.15, 0.2) is 36.5 Å². The normalized spacial score (nSPS) is 24.9. The van der Waals surface area contributed by atoms with Crippen LogP contribution in [-0.4, -0.2) is 53.3 Å². The molecule has 9 heteroatoms. The number of benzene rings is 1. The second-order valence-electron chi connectivity index (χ2n) is 13.6. The molecular weight excluding hydrogens is 530 g/mol. The Balaban J connectivity index is 1.23. The summed E-state index contributed by atoms with van der Waals surface area (Å²) in [5.74, 6) is 0.472. The lowest BCUT2D eigenvalue weighted by Gasteiger charge is -2.39. The molecule has 3 atom stereocenters. The van der Waals surface area contributed by atoms with Crippen LogP contribution in [0.3, 0.4) is 0 Å². The van der Waals surface area contributed by atoms with E-state index in [1.54, 1.807) is 19.3 Å². The second-order valence-corrected chi connectivity index (χ2v) is 13.6. The number of ether oxygens (including phenoxy) is 1. The molecule has 0 bridgehead atoms. The molecule has 3 N–H and O–H groups in total. The average Bonchev–Trinajstić information content (AvgIpc) is 3.34. The summed E-state index contributed by atoms with van der Waals surface area (Å²) in [6.07, 6.45) is 12.4. The van der Waals surface area contributed by atoms with Gasteiger partial charge in [-0.1, -0.05) is 51.2 Å². The largest absolute Gasteiger partial charge is 0.380 e. The SMILES string of the molecule is Cn1nccc1C(=O)N[C@H](C(=O)Nc1cccc(C2(C(=O)NCC3(C)CCC3)CCOC2)c1)C(C1CCCC1)C1CC1.